The maximum atomic E-state index is 11.7. The van der Waals surface area contributed by atoms with Crippen molar-refractivity contribution in [2.24, 2.45) is 5.84 Å². The molecule has 0 saturated carbocycles. The third-order valence-electron chi connectivity index (χ3n) is 3.13. The lowest BCUT2D eigenvalue weighted by Crippen LogP contribution is -2.30. The van der Waals surface area contributed by atoms with Gasteiger partial charge in [-0.1, -0.05) is 36.4 Å². The normalized spacial score (nSPS) is 10.2. The Morgan fingerprint density at radius 3 is 2.48 bits per heavy atom. The van der Waals surface area contributed by atoms with Crippen LogP contribution in [0.2, 0.25) is 0 Å². The summed E-state index contributed by atoms with van der Waals surface area (Å²) in [7, 11) is 0. The molecule has 0 aliphatic rings. The molecule has 0 saturated heterocycles. The molecule has 0 aliphatic heterocycles. The van der Waals surface area contributed by atoms with E-state index in [2.05, 4.69) is 5.43 Å². The molecule has 0 aliphatic carbocycles. The van der Waals surface area contributed by atoms with Crippen molar-refractivity contribution in [3.8, 4) is 5.75 Å². The van der Waals surface area contributed by atoms with Gasteiger partial charge < -0.3 is 9.84 Å². The number of carbonyl (C=O) groups is 1. The summed E-state index contributed by atoms with van der Waals surface area (Å²) in [6, 6.07) is 14.6. The molecule has 0 radical (unpaired) electrons. The van der Waals surface area contributed by atoms with Crippen LogP contribution in [0, 0.1) is 0 Å². The number of nitrogen functional groups attached to an aromatic ring is 1. The van der Waals surface area contributed by atoms with Crippen molar-refractivity contribution < 1.29 is 14.6 Å². The zero-order valence-corrected chi connectivity index (χ0v) is 11.6. The van der Waals surface area contributed by atoms with Gasteiger partial charge in [0.15, 0.2) is 0 Å². The molecule has 0 spiro atoms. The number of amides is 1. The summed E-state index contributed by atoms with van der Waals surface area (Å²) >= 11 is 0. The molecule has 2 aromatic rings. The highest BCUT2D eigenvalue weighted by Crippen LogP contribution is 2.20. The summed E-state index contributed by atoms with van der Waals surface area (Å²) in [5.41, 5.74) is 4.29. The Morgan fingerprint density at radius 1 is 1.10 bits per heavy atom. The highest BCUT2D eigenvalue weighted by molar-refractivity contribution is 5.95. The summed E-state index contributed by atoms with van der Waals surface area (Å²) in [5, 5.41) is 9.06. The van der Waals surface area contributed by atoms with Crippen LogP contribution in [0.4, 0.5) is 0 Å². The molecule has 2 rings (SSSR count). The molecule has 5 heteroatoms. The molecule has 0 fully saturated rings. The summed E-state index contributed by atoms with van der Waals surface area (Å²) in [6.07, 6.45) is 0.529. The minimum Gasteiger partial charge on any atom is -0.489 e. The van der Waals surface area contributed by atoms with E-state index >= 15 is 0 Å². The molecule has 0 bridgehead atoms. The van der Waals surface area contributed by atoms with Gasteiger partial charge in [-0.15, -0.1) is 0 Å². The summed E-state index contributed by atoms with van der Waals surface area (Å²) in [5.74, 6) is 5.53. The van der Waals surface area contributed by atoms with Crippen LogP contribution in [0.25, 0.3) is 0 Å². The van der Waals surface area contributed by atoms with Crippen LogP contribution >= 0.6 is 0 Å². The van der Waals surface area contributed by atoms with Crippen molar-refractivity contribution in [2.75, 3.05) is 6.61 Å². The quantitative estimate of drug-likeness (QED) is 0.426. The van der Waals surface area contributed by atoms with Crippen molar-refractivity contribution in [1.29, 1.82) is 0 Å². The minimum absolute atomic E-state index is 0.0620. The zero-order chi connectivity index (χ0) is 15.1. The first-order chi connectivity index (χ1) is 10.3. The summed E-state index contributed by atoms with van der Waals surface area (Å²) < 4.78 is 5.78. The van der Waals surface area contributed by atoms with E-state index in [4.69, 9.17) is 15.7 Å². The van der Waals surface area contributed by atoms with E-state index in [0.29, 0.717) is 17.7 Å². The molecule has 4 N–H and O–H groups in total. The lowest BCUT2D eigenvalue weighted by Gasteiger charge is -2.13. The topological polar surface area (TPSA) is 84.6 Å². The van der Waals surface area contributed by atoms with Crippen LogP contribution in [-0.4, -0.2) is 17.6 Å². The van der Waals surface area contributed by atoms with E-state index in [1.165, 1.54) is 0 Å². The first-order valence-corrected chi connectivity index (χ1v) is 6.66. The van der Waals surface area contributed by atoms with Gasteiger partial charge in [0.05, 0.1) is 0 Å². The second-order valence-corrected chi connectivity index (χ2v) is 4.50. The monoisotopic (exact) mass is 286 g/mol. The van der Waals surface area contributed by atoms with Gasteiger partial charge in [-0.2, -0.15) is 0 Å². The number of rotatable bonds is 6. The zero-order valence-electron chi connectivity index (χ0n) is 11.6. The van der Waals surface area contributed by atoms with Gasteiger partial charge in [-0.3, -0.25) is 10.2 Å². The lowest BCUT2D eigenvalue weighted by molar-refractivity contribution is 0.0951. The van der Waals surface area contributed by atoms with Crippen molar-refractivity contribution in [3.63, 3.8) is 0 Å². The fraction of sp³-hybridized carbons (Fsp3) is 0.188. The largest absolute Gasteiger partial charge is 0.489 e. The van der Waals surface area contributed by atoms with Crippen LogP contribution in [-0.2, 0) is 13.0 Å². The van der Waals surface area contributed by atoms with Gasteiger partial charge in [0.25, 0.3) is 5.91 Å². The molecular formula is C16H18N2O3. The summed E-state index contributed by atoms with van der Waals surface area (Å²) in [6.45, 7) is 0.318. The number of hydrazine groups is 1. The molecule has 1 amide bonds. The second-order valence-electron chi connectivity index (χ2n) is 4.50. The number of nitrogens with two attached hydrogens (primary N) is 1. The summed E-state index contributed by atoms with van der Waals surface area (Å²) in [4.78, 5) is 11.7. The number of hydrogen-bond acceptors (Lipinski definition) is 4. The molecule has 2 aromatic carbocycles. The number of aliphatic hydroxyl groups is 1. The molecule has 0 atom stereocenters. The second kappa shape index (κ2) is 7.42. The smallest absolute Gasteiger partial charge is 0.265 e. The average Bonchev–Trinajstić information content (AvgIpc) is 2.54. The maximum absolute atomic E-state index is 11.7. The van der Waals surface area contributed by atoms with Gasteiger partial charge in [-0.25, -0.2) is 5.84 Å². The van der Waals surface area contributed by atoms with Crippen molar-refractivity contribution in [2.45, 2.75) is 13.0 Å². The SMILES string of the molecule is NNC(=O)c1ccccc1COc1ccccc1CCO. The van der Waals surface area contributed by atoms with E-state index < -0.39 is 0 Å². The number of hydrogen-bond donors (Lipinski definition) is 3. The van der Waals surface area contributed by atoms with Crippen LogP contribution in [0.1, 0.15) is 21.5 Å². The van der Waals surface area contributed by atoms with Crippen molar-refractivity contribution >= 4 is 5.91 Å². The Labute approximate surface area is 123 Å². The standard InChI is InChI=1S/C16H18N2O3/c17-18-16(20)14-7-3-1-6-13(14)11-21-15-8-4-2-5-12(15)9-10-19/h1-8,19H,9-11,17H2,(H,18,20). The third-order valence-corrected chi connectivity index (χ3v) is 3.13. The molecule has 110 valence electrons. The Hall–Kier alpha value is -2.37. The number of nitrogens with one attached hydrogen (secondary N) is 1. The number of aliphatic hydroxyl groups excluding tert-OH is 1. The van der Waals surface area contributed by atoms with E-state index in [0.717, 1.165) is 11.1 Å². The van der Waals surface area contributed by atoms with Crippen LogP contribution in [0.3, 0.4) is 0 Å². The maximum Gasteiger partial charge on any atom is 0.265 e. The van der Waals surface area contributed by atoms with Crippen LogP contribution < -0.4 is 16.0 Å². The van der Waals surface area contributed by atoms with Crippen LogP contribution in [0.15, 0.2) is 48.5 Å². The van der Waals surface area contributed by atoms with Gasteiger partial charge in [0.1, 0.15) is 12.4 Å². The first-order valence-electron chi connectivity index (χ1n) is 6.66. The number of benzene rings is 2. The fourth-order valence-electron chi connectivity index (χ4n) is 2.07. The number of para-hydroxylation sites is 1. The van der Waals surface area contributed by atoms with E-state index in [1.54, 1.807) is 12.1 Å². The van der Waals surface area contributed by atoms with Gasteiger partial charge in [0.2, 0.25) is 0 Å². The predicted molar refractivity (Wildman–Crippen MR) is 79.7 cm³/mol. The Bertz CT molecular complexity index is 614. The van der Waals surface area contributed by atoms with Gasteiger partial charge >= 0.3 is 0 Å². The number of carbonyl (C=O) groups excluding carboxylic acids is 1. The minimum atomic E-state index is -0.349. The number of ether oxygens (including phenoxy) is 1. The van der Waals surface area contributed by atoms with E-state index in [9.17, 15) is 4.79 Å². The Kier molecular flexibility index (Phi) is 5.31. The highest BCUT2D eigenvalue weighted by Gasteiger charge is 2.10. The Balaban J connectivity index is 2.15. The van der Waals surface area contributed by atoms with Gasteiger partial charge in [0, 0.05) is 17.7 Å². The van der Waals surface area contributed by atoms with Crippen molar-refractivity contribution in [3.05, 3.63) is 65.2 Å². The molecule has 5 nitrogen and oxygen atoms in total. The molecule has 21 heavy (non-hydrogen) atoms. The third kappa shape index (κ3) is 3.81. The highest BCUT2D eigenvalue weighted by atomic mass is 16.5. The molecule has 0 aromatic heterocycles. The van der Waals surface area contributed by atoms with Crippen LogP contribution in [0.5, 0.6) is 5.75 Å². The molecule has 0 unspecified atom stereocenters. The van der Waals surface area contributed by atoms with E-state index in [-0.39, 0.29) is 19.1 Å². The molecular weight excluding hydrogens is 268 g/mol. The lowest BCUT2D eigenvalue weighted by atomic mass is 10.1. The van der Waals surface area contributed by atoms with Crippen molar-refractivity contribution in [1.82, 2.24) is 5.43 Å². The fourth-order valence-corrected chi connectivity index (χ4v) is 2.07. The van der Waals surface area contributed by atoms with Gasteiger partial charge in [-0.05, 0) is 24.1 Å². The molecule has 0 heterocycles. The Morgan fingerprint density at radius 2 is 1.76 bits per heavy atom. The predicted octanol–water partition coefficient (Wildman–Crippen LogP) is 1.40. The van der Waals surface area contributed by atoms with E-state index in [1.807, 2.05) is 36.4 Å². The average molecular weight is 286 g/mol. The first kappa shape index (κ1) is 15.0.